The molecule has 2 spiro atoms. The molecule has 0 aromatic heterocycles. The summed E-state index contributed by atoms with van der Waals surface area (Å²) >= 11 is 0. The van der Waals surface area contributed by atoms with E-state index in [0.717, 1.165) is 0 Å². The Hall–Kier alpha value is -1.36. The fourth-order valence-electron chi connectivity index (χ4n) is 4.69. The second-order valence-electron chi connectivity index (χ2n) is 6.47. The molecule has 5 aliphatic rings. The number of hydrogen-bond acceptors (Lipinski definition) is 4. The van der Waals surface area contributed by atoms with Gasteiger partial charge in [-0.15, -0.1) is 0 Å². The van der Waals surface area contributed by atoms with Crippen molar-refractivity contribution >= 4 is 11.9 Å². The van der Waals surface area contributed by atoms with Crippen molar-refractivity contribution in [2.75, 3.05) is 0 Å². The van der Waals surface area contributed by atoms with Gasteiger partial charge in [-0.3, -0.25) is 4.79 Å². The molecule has 3 bridgehead atoms. The summed E-state index contributed by atoms with van der Waals surface area (Å²) in [5.41, 5.74) is -0.723. The molecule has 4 saturated heterocycles. The van der Waals surface area contributed by atoms with Crippen LogP contribution in [0.15, 0.2) is 12.7 Å². The molecule has 3 unspecified atom stereocenters. The van der Waals surface area contributed by atoms with Crippen LogP contribution in [0.1, 0.15) is 26.7 Å². The summed E-state index contributed by atoms with van der Waals surface area (Å²) in [5.74, 6) is -0.251. The third-order valence-electron chi connectivity index (χ3n) is 5.22. The number of ether oxygens (including phenoxy) is 2. The van der Waals surface area contributed by atoms with Crippen molar-refractivity contribution in [2.24, 2.45) is 5.41 Å². The van der Waals surface area contributed by atoms with Crippen LogP contribution in [0.5, 0.6) is 0 Å². The maximum atomic E-state index is 12.6. The molecule has 5 rings (SSSR count). The smallest absolute Gasteiger partial charge is 0.330 e. The summed E-state index contributed by atoms with van der Waals surface area (Å²) in [6.07, 6.45) is 2.16. The van der Waals surface area contributed by atoms with Crippen molar-refractivity contribution in [2.45, 2.75) is 56.6 Å². The zero-order chi connectivity index (χ0) is 13.6. The molecular formula is C14H17NO4. The van der Waals surface area contributed by atoms with Gasteiger partial charge in [0.25, 0.3) is 0 Å². The van der Waals surface area contributed by atoms with Gasteiger partial charge in [-0.2, -0.15) is 0 Å². The topological polar surface area (TPSA) is 55.8 Å². The Morgan fingerprint density at radius 2 is 2.26 bits per heavy atom. The molecule has 19 heavy (non-hydrogen) atoms. The lowest BCUT2D eigenvalue weighted by atomic mass is 9.53. The van der Waals surface area contributed by atoms with Gasteiger partial charge >= 0.3 is 5.97 Å². The second kappa shape index (κ2) is 3.03. The van der Waals surface area contributed by atoms with E-state index in [1.807, 2.05) is 18.7 Å². The Morgan fingerprint density at radius 1 is 1.58 bits per heavy atom. The van der Waals surface area contributed by atoms with Gasteiger partial charge in [-0.1, -0.05) is 6.58 Å². The Labute approximate surface area is 111 Å². The second-order valence-corrected chi connectivity index (χ2v) is 6.47. The summed E-state index contributed by atoms with van der Waals surface area (Å²) < 4.78 is 11.6. The summed E-state index contributed by atoms with van der Waals surface area (Å²) in [6.45, 7) is 7.42. The average molecular weight is 263 g/mol. The van der Waals surface area contributed by atoms with Crippen molar-refractivity contribution in [1.29, 1.82) is 0 Å². The molecule has 0 radical (unpaired) electrons. The van der Waals surface area contributed by atoms with Crippen LogP contribution in [0.3, 0.4) is 0 Å². The van der Waals surface area contributed by atoms with Gasteiger partial charge in [0.15, 0.2) is 6.10 Å². The normalized spacial score (nSPS) is 48.7. The van der Waals surface area contributed by atoms with Gasteiger partial charge in [-0.05, 0) is 26.7 Å². The first-order valence-electron chi connectivity index (χ1n) is 6.79. The number of carbonyl (C=O) groups is 2. The molecule has 1 amide bonds. The van der Waals surface area contributed by atoms with E-state index in [2.05, 4.69) is 6.58 Å². The third-order valence-corrected chi connectivity index (χ3v) is 5.22. The van der Waals surface area contributed by atoms with Crippen LogP contribution in [0.25, 0.3) is 0 Å². The van der Waals surface area contributed by atoms with Crippen LogP contribution in [-0.2, 0) is 19.1 Å². The van der Waals surface area contributed by atoms with Crippen molar-refractivity contribution in [3.05, 3.63) is 12.7 Å². The summed E-state index contributed by atoms with van der Waals surface area (Å²) in [5, 5.41) is 0. The molecule has 1 aliphatic carbocycles. The van der Waals surface area contributed by atoms with Crippen LogP contribution >= 0.6 is 0 Å². The minimum absolute atomic E-state index is 0.0926. The Morgan fingerprint density at radius 3 is 2.84 bits per heavy atom. The van der Waals surface area contributed by atoms with Gasteiger partial charge < -0.3 is 14.4 Å². The number of hydrogen-bond donors (Lipinski definition) is 0. The fraction of sp³-hybridized carbons (Fsp3) is 0.714. The highest BCUT2D eigenvalue weighted by Gasteiger charge is 2.88. The van der Waals surface area contributed by atoms with Crippen LogP contribution in [0.4, 0.5) is 0 Å². The van der Waals surface area contributed by atoms with Gasteiger partial charge in [0, 0.05) is 12.1 Å². The van der Waals surface area contributed by atoms with E-state index < -0.39 is 11.6 Å². The molecule has 4 aliphatic heterocycles. The SMILES string of the molecule is C=CC(=O)OC1C2C3OC14CC3(C4)C(=O)N2C(C)C. The zero-order valence-electron chi connectivity index (χ0n) is 11.1. The van der Waals surface area contributed by atoms with E-state index >= 15 is 0 Å². The molecule has 3 atom stereocenters. The first-order valence-corrected chi connectivity index (χ1v) is 6.79. The van der Waals surface area contributed by atoms with Crippen molar-refractivity contribution < 1.29 is 19.1 Å². The molecule has 5 nitrogen and oxygen atoms in total. The Bertz CT molecular complexity index is 506. The molecule has 5 fully saturated rings. The molecule has 0 aromatic rings. The number of nitrogens with zero attached hydrogens (tertiary/aromatic N) is 1. The van der Waals surface area contributed by atoms with Crippen LogP contribution < -0.4 is 0 Å². The van der Waals surface area contributed by atoms with E-state index in [1.165, 1.54) is 6.08 Å². The van der Waals surface area contributed by atoms with Gasteiger partial charge in [-0.25, -0.2) is 4.79 Å². The third kappa shape index (κ3) is 1.00. The highest BCUT2D eigenvalue weighted by molar-refractivity contribution is 5.91. The quantitative estimate of drug-likeness (QED) is 0.554. The van der Waals surface area contributed by atoms with Crippen LogP contribution in [0, 0.1) is 5.41 Å². The first kappa shape index (κ1) is 11.5. The Kier molecular flexibility index (Phi) is 1.83. The molecule has 102 valence electrons. The van der Waals surface area contributed by atoms with Gasteiger partial charge in [0.05, 0.1) is 17.6 Å². The predicted octanol–water partition coefficient (Wildman–Crippen LogP) is 0.635. The number of carbonyl (C=O) groups excluding carboxylic acids is 2. The molecule has 0 N–H and O–H groups in total. The van der Waals surface area contributed by atoms with E-state index in [1.54, 1.807) is 0 Å². The molecule has 4 heterocycles. The summed E-state index contributed by atoms with van der Waals surface area (Å²) in [7, 11) is 0. The van der Waals surface area contributed by atoms with E-state index in [0.29, 0.717) is 12.8 Å². The predicted molar refractivity (Wildman–Crippen MR) is 65.1 cm³/mol. The van der Waals surface area contributed by atoms with Crippen molar-refractivity contribution in [1.82, 2.24) is 4.90 Å². The molecule has 1 saturated carbocycles. The highest BCUT2D eigenvalue weighted by Crippen LogP contribution is 2.74. The van der Waals surface area contributed by atoms with Crippen LogP contribution in [0.2, 0.25) is 0 Å². The number of rotatable bonds is 3. The maximum Gasteiger partial charge on any atom is 0.330 e. The highest BCUT2D eigenvalue weighted by atomic mass is 16.6. The minimum Gasteiger partial charge on any atom is -0.454 e. The standard InChI is InChI=1S/C14H17NO4/c1-4-8(16)18-11-9-10-13(5-14(11,6-13)19-10)12(17)15(9)7(2)3/h4,7,9-11H,1,5-6H2,2-3H3. The van der Waals surface area contributed by atoms with Crippen molar-refractivity contribution in [3.8, 4) is 0 Å². The zero-order valence-corrected chi connectivity index (χ0v) is 11.1. The van der Waals surface area contributed by atoms with Gasteiger partial charge in [0.2, 0.25) is 5.91 Å². The first-order chi connectivity index (χ1) is 8.95. The number of likely N-dealkylation sites (tertiary alicyclic amines) is 1. The lowest BCUT2D eigenvalue weighted by Gasteiger charge is -2.47. The average Bonchev–Trinajstić information content (AvgIpc) is 2.93. The van der Waals surface area contributed by atoms with E-state index in [-0.39, 0.29) is 35.6 Å². The lowest BCUT2D eigenvalue weighted by molar-refractivity contribution is -0.161. The van der Waals surface area contributed by atoms with Gasteiger partial charge in [0.1, 0.15) is 5.60 Å². The largest absolute Gasteiger partial charge is 0.454 e. The van der Waals surface area contributed by atoms with Crippen LogP contribution in [-0.4, -0.2) is 46.7 Å². The van der Waals surface area contributed by atoms with Crippen molar-refractivity contribution in [3.63, 3.8) is 0 Å². The summed E-state index contributed by atoms with van der Waals surface area (Å²) in [4.78, 5) is 26.0. The Balaban J connectivity index is 1.74. The van der Waals surface area contributed by atoms with E-state index in [9.17, 15) is 9.59 Å². The monoisotopic (exact) mass is 263 g/mol. The molecule has 0 aromatic carbocycles. The summed E-state index contributed by atoms with van der Waals surface area (Å²) in [6, 6.07) is -0.0127. The maximum absolute atomic E-state index is 12.6. The number of amides is 1. The fourth-order valence-corrected chi connectivity index (χ4v) is 4.69. The number of esters is 1. The van der Waals surface area contributed by atoms with E-state index in [4.69, 9.17) is 9.47 Å². The minimum atomic E-state index is -0.434. The lowest BCUT2D eigenvalue weighted by Crippen LogP contribution is -2.61. The molecular weight excluding hydrogens is 246 g/mol. The molecule has 5 heteroatoms.